The summed E-state index contributed by atoms with van der Waals surface area (Å²) in [5, 5.41) is 0. The minimum atomic E-state index is -4.50. The topological polar surface area (TPSA) is 36.3 Å². The van der Waals surface area contributed by atoms with Crippen molar-refractivity contribution in [3.8, 4) is 23.0 Å². The van der Waals surface area contributed by atoms with Gasteiger partial charge >= 0.3 is 6.18 Å². The third kappa shape index (κ3) is 3.49. The number of rotatable bonds is 6. The fourth-order valence-electron chi connectivity index (χ4n) is 2.71. The van der Waals surface area contributed by atoms with Crippen LogP contribution >= 0.6 is 0 Å². The van der Waals surface area contributed by atoms with Crippen LogP contribution in [0.15, 0.2) is 24.4 Å². The van der Waals surface area contributed by atoms with Gasteiger partial charge in [-0.15, -0.1) is 0 Å². The van der Waals surface area contributed by atoms with Crippen molar-refractivity contribution in [2.24, 2.45) is 0 Å². The highest BCUT2D eigenvalue weighted by Crippen LogP contribution is 2.40. The van der Waals surface area contributed by atoms with Gasteiger partial charge < -0.3 is 9.47 Å². The van der Waals surface area contributed by atoms with Crippen molar-refractivity contribution < 1.29 is 22.6 Å². The van der Waals surface area contributed by atoms with E-state index in [1.54, 1.807) is 10.8 Å². The third-order valence-corrected chi connectivity index (χ3v) is 4.02. The SMILES string of the molecule is CCC(CC)n1cc(-c2ccc(OC)cc2C(F)(F)F)nc1OC. The third-order valence-electron chi connectivity index (χ3n) is 4.02. The van der Waals surface area contributed by atoms with Crippen LogP contribution in [-0.2, 0) is 6.18 Å². The first-order chi connectivity index (χ1) is 11.3. The van der Waals surface area contributed by atoms with Crippen LogP contribution in [0.3, 0.4) is 0 Å². The molecule has 0 saturated carbocycles. The summed E-state index contributed by atoms with van der Waals surface area (Å²) in [6.45, 7) is 4.03. The lowest BCUT2D eigenvalue weighted by Crippen LogP contribution is -2.08. The second-order valence-corrected chi connectivity index (χ2v) is 5.40. The maximum atomic E-state index is 13.4. The minimum Gasteiger partial charge on any atom is -0.497 e. The van der Waals surface area contributed by atoms with E-state index < -0.39 is 11.7 Å². The first-order valence-electron chi connectivity index (χ1n) is 7.74. The molecule has 0 aliphatic heterocycles. The van der Waals surface area contributed by atoms with E-state index >= 15 is 0 Å². The zero-order valence-corrected chi connectivity index (χ0v) is 14.1. The van der Waals surface area contributed by atoms with Crippen LogP contribution in [0.2, 0.25) is 0 Å². The Bertz CT molecular complexity index is 692. The average Bonchev–Trinajstić information content (AvgIpc) is 2.98. The fraction of sp³-hybridized carbons (Fsp3) is 0.471. The van der Waals surface area contributed by atoms with Crippen LogP contribution in [0, 0.1) is 0 Å². The molecule has 1 aromatic heterocycles. The molecule has 1 aromatic carbocycles. The summed E-state index contributed by atoms with van der Waals surface area (Å²) in [7, 11) is 2.80. The first-order valence-corrected chi connectivity index (χ1v) is 7.74. The Balaban J connectivity index is 2.60. The Morgan fingerprint density at radius 3 is 2.29 bits per heavy atom. The van der Waals surface area contributed by atoms with E-state index in [-0.39, 0.29) is 23.0 Å². The largest absolute Gasteiger partial charge is 0.497 e. The van der Waals surface area contributed by atoms with Crippen molar-refractivity contribution in [1.29, 1.82) is 0 Å². The monoisotopic (exact) mass is 342 g/mol. The molecule has 2 rings (SSSR count). The number of hydrogen-bond acceptors (Lipinski definition) is 3. The molecule has 132 valence electrons. The lowest BCUT2D eigenvalue weighted by Gasteiger charge is -2.16. The Labute approximate surface area is 139 Å². The molecule has 0 aliphatic rings. The number of hydrogen-bond donors (Lipinski definition) is 0. The van der Waals surface area contributed by atoms with Gasteiger partial charge in [-0.1, -0.05) is 13.8 Å². The molecule has 2 aromatic rings. The number of imidazole rings is 1. The van der Waals surface area contributed by atoms with Crippen LogP contribution in [0.5, 0.6) is 11.8 Å². The van der Waals surface area contributed by atoms with Gasteiger partial charge in [0.15, 0.2) is 0 Å². The molecule has 7 heteroatoms. The summed E-state index contributed by atoms with van der Waals surface area (Å²) in [4.78, 5) is 4.25. The fourth-order valence-corrected chi connectivity index (χ4v) is 2.71. The molecule has 0 aliphatic carbocycles. The van der Waals surface area contributed by atoms with E-state index in [1.165, 1.54) is 26.4 Å². The van der Waals surface area contributed by atoms with Gasteiger partial charge in [-0.05, 0) is 31.0 Å². The van der Waals surface area contributed by atoms with Crippen molar-refractivity contribution in [3.63, 3.8) is 0 Å². The van der Waals surface area contributed by atoms with Crippen LogP contribution < -0.4 is 9.47 Å². The average molecular weight is 342 g/mol. The maximum Gasteiger partial charge on any atom is 0.417 e. The van der Waals surface area contributed by atoms with Gasteiger partial charge in [-0.25, -0.2) is 0 Å². The van der Waals surface area contributed by atoms with E-state index in [1.807, 2.05) is 13.8 Å². The van der Waals surface area contributed by atoms with E-state index in [9.17, 15) is 13.2 Å². The van der Waals surface area contributed by atoms with E-state index in [2.05, 4.69) is 4.98 Å². The molecular weight excluding hydrogens is 321 g/mol. The number of aromatic nitrogens is 2. The summed E-state index contributed by atoms with van der Waals surface area (Å²) < 4.78 is 52.2. The van der Waals surface area contributed by atoms with Gasteiger partial charge in [0, 0.05) is 17.8 Å². The Morgan fingerprint density at radius 2 is 1.79 bits per heavy atom. The van der Waals surface area contributed by atoms with E-state index in [0.29, 0.717) is 6.01 Å². The second-order valence-electron chi connectivity index (χ2n) is 5.40. The second kappa shape index (κ2) is 7.15. The number of methoxy groups -OCH3 is 2. The summed E-state index contributed by atoms with van der Waals surface area (Å²) in [6, 6.07) is 4.28. The minimum absolute atomic E-state index is 0.00584. The Hall–Kier alpha value is -2.18. The predicted octanol–water partition coefficient (Wildman–Crippen LogP) is 4.95. The lowest BCUT2D eigenvalue weighted by molar-refractivity contribution is -0.137. The predicted molar refractivity (Wildman–Crippen MR) is 85.4 cm³/mol. The highest BCUT2D eigenvalue weighted by Gasteiger charge is 2.35. The van der Waals surface area contributed by atoms with Crippen LogP contribution in [0.1, 0.15) is 38.3 Å². The van der Waals surface area contributed by atoms with Crippen LogP contribution in [0.4, 0.5) is 13.2 Å². The highest BCUT2D eigenvalue weighted by molar-refractivity contribution is 5.66. The first kappa shape index (κ1) is 18.2. The molecule has 0 saturated heterocycles. The molecule has 1 heterocycles. The van der Waals surface area contributed by atoms with Crippen molar-refractivity contribution in [2.45, 2.75) is 38.9 Å². The van der Waals surface area contributed by atoms with Gasteiger partial charge in [-0.2, -0.15) is 18.2 Å². The van der Waals surface area contributed by atoms with Gasteiger partial charge in [0.2, 0.25) is 0 Å². The molecule has 0 bridgehead atoms. The Morgan fingerprint density at radius 1 is 1.12 bits per heavy atom. The number of alkyl halides is 3. The summed E-state index contributed by atoms with van der Waals surface area (Å²) in [5.41, 5.74) is -0.543. The van der Waals surface area contributed by atoms with Crippen LogP contribution in [-0.4, -0.2) is 23.8 Å². The molecular formula is C17H21F3N2O2. The molecule has 0 spiro atoms. The molecule has 0 fully saturated rings. The van der Waals surface area contributed by atoms with Crippen molar-refractivity contribution in [2.75, 3.05) is 14.2 Å². The number of ether oxygens (including phenoxy) is 2. The van der Waals surface area contributed by atoms with E-state index in [4.69, 9.17) is 9.47 Å². The van der Waals surface area contributed by atoms with Crippen molar-refractivity contribution in [1.82, 2.24) is 9.55 Å². The maximum absolute atomic E-state index is 13.4. The molecule has 0 radical (unpaired) electrons. The number of halogens is 3. The zero-order valence-electron chi connectivity index (χ0n) is 14.1. The molecule has 0 unspecified atom stereocenters. The number of nitrogens with zero attached hydrogens (tertiary/aromatic N) is 2. The quantitative estimate of drug-likeness (QED) is 0.745. The lowest BCUT2D eigenvalue weighted by atomic mass is 10.0. The summed E-state index contributed by atoms with van der Waals surface area (Å²) in [6.07, 6.45) is -1.22. The zero-order chi connectivity index (χ0) is 17.9. The summed E-state index contributed by atoms with van der Waals surface area (Å²) >= 11 is 0. The highest BCUT2D eigenvalue weighted by atomic mass is 19.4. The normalized spacial score (nSPS) is 11.8. The van der Waals surface area contributed by atoms with E-state index in [0.717, 1.165) is 18.9 Å². The Kier molecular flexibility index (Phi) is 5.41. The smallest absolute Gasteiger partial charge is 0.417 e. The number of benzene rings is 1. The molecule has 0 atom stereocenters. The van der Waals surface area contributed by atoms with Gasteiger partial charge in [0.1, 0.15) is 5.75 Å². The molecule has 0 amide bonds. The van der Waals surface area contributed by atoms with Gasteiger partial charge in [0.25, 0.3) is 6.01 Å². The van der Waals surface area contributed by atoms with Gasteiger partial charge in [0.05, 0.1) is 25.5 Å². The molecule has 0 N–H and O–H groups in total. The molecule has 4 nitrogen and oxygen atoms in total. The van der Waals surface area contributed by atoms with Gasteiger partial charge in [-0.3, -0.25) is 4.57 Å². The molecule has 24 heavy (non-hydrogen) atoms. The van der Waals surface area contributed by atoms with Crippen molar-refractivity contribution in [3.05, 3.63) is 30.0 Å². The standard InChI is InChI=1S/C17H21F3N2O2/c1-5-11(6-2)22-10-15(21-16(22)24-4)13-8-7-12(23-3)9-14(13)17(18,19)20/h7-11H,5-6H2,1-4H3. The van der Waals surface area contributed by atoms with Crippen LogP contribution in [0.25, 0.3) is 11.3 Å². The summed E-state index contributed by atoms with van der Waals surface area (Å²) in [5.74, 6) is 0.150. The van der Waals surface area contributed by atoms with Crippen molar-refractivity contribution >= 4 is 0 Å².